The number of hydrogen-bond acceptors (Lipinski definition) is 2. The topological polar surface area (TPSA) is 23.6 Å². The van der Waals surface area contributed by atoms with Crippen LogP contribution in [-0.2, 0) is 11.2 Å². The lowest BCUT2D eigenvalue weighted by atomic mass is 9.97. The number of likely N-dealkylation sites (N-methyl/N-ethyl adjacent to an activating group) is 1. The first-order valence-corrected chi connectivity index (χ1v) is 8.67. The number of rotatable bonds is 3. The number of aryl methyl sites for hydroxylation is 1. The molecule has 2 aliphatic rings. The molecule has 120 valence electrons. The number of carbonyl (C=O) groups is 1. The minimum Gasteiger partial charge on any atom is -0.336 e. The molecule has 3 rings (SSSR count). The van der Waals surface area contributed by atoms with Gasteiger partial charge in [0.25, 0.3) is 0 Å². The van der Waals surface area contributed by atoms with Gasteiger partial charge in [0.1, 0.15) is 0 Å². The Labute approximate surface area is 134 Å². The van der Waals surface area contributed by atoms with Crippen LogP contribution in [0.3, 0.4) is 0 Å². The summed E-state index contributed by atoms with van der Waals surface area (Å²) in [6.07, 6.45) is 5.81. The van der Waals surface area contributed by atoms with E-state index in [0.717, 1.165) is 25.7 Å². The van der Waals surface area contributed by atoms with Gasteiger partial charge < -0.3 is 4.90 Å². The summed E-state index contributed by atoms with van der Waals surface area (Å²) in [5.74, 6) is 0.298. The van der Waals surface area contributed by atoms with Gasteiger partial charge >= 0.3 is 0 Å². The molecule has 0 unspecified atom stereocenters. The molecule has 0 radical (unpaired) electrons. The van der Waals surface area contributed by atoms with E-state index in [4.69, 9.17) is 0 Å². The number of amides is 1. The van der Waals surface area contributed by atoms with Crippen LogP contribution in [0.5, 0.6) is 0 Å². The van der Waals surface area contributed by atoms with Crippen molar-refractivity contribution in [2.75, 3.05) is 13.6 Å². The van der Waals surface area contributed by atoms with E-state index in [2.05, 4.69) is 55.0 Å². The summed E-state index contributed by atoms with van der Waals surface area (Å²) < 4.78 is 0. The number of fused-ring (bicyclic) bond motifs is 1. The van der Waals surface area contributed by atoms with Gasteiger partial charge in [-0.3, -0.25) is 9.69 Å². The van der Waals surface area contributed by atoms with Crippen LogP contribution in [0.15, 0.2) is 24.3 Å². The first-order valence-electron chi connectivity index (χ1n) is 8.67. The molecule has 1 aromatic carbocycles. The molecule has 22 heavy (non-hydrogen) atoms. The predicted octanol–water partition coefficient (Wildman–Crippen LogP) is 3.40. The zero-order valence-corrected chi connectivity index (χ0v) is 14.1. The fourth-order valence-electron chi connectivity index (χ4n) is 4.31. The molecule has 3 nitrogen and oxygen atoms in total. The van der Waals surface area contributed by atoms with Gasteiger partial charge in [-0.2, -0.15) is 0 Å². The normalized spacial score (nSPS) is 28.0. The number of piperidine rings is 1. The second-order valence-electron chi connectivity index (χ2n) is 7.10. The SMILES string of the molecule is C[C@@H]1CCC[C@H](C)N1C(=O)CN(C)[C@H]1CCc2ccccc21. The van der Waals surface area contributed by atoms with Crippen molar-refractivity contribution in [2.24, 2.45) is 0 Å². The van der Waals surface area contributed by atoms with Gasteiger partial charge in [-0.25, -0.2) is 0 Å². The summed E-state index contributed by atoms with van der Waals surface area (Å²) in [4.78, 5) is 17.2. The third-order valence-corrected chi connectivity index (χ3v) is 5.50. The molecule has 1 saturated heterocycles. The van der Waals surface area contributed by atoms with Gasteiger partial charge in [-0.15, -0.1) is 0 Å². The molecule has 1 amide bonds. The van der Waals surface area contributed by atoms with Crippen molar-refractivity contribution in [1.29, 1.82) is 0 Å². The zero-order chi connectivity index (χ0) is 15.7. The van der Waals surface area contributed by atoms with E-state index in [1.165, 1.54) is 17.5 Å². The van der Waals surface area contributed by atoms with Crippen molar-refractivity contribution in [3.63, 3.8) is 0 Å². The van der Waals surface area contributed by atoms with E-state index < -0.39 is 0 Å². The highest BCUT2D eigenvalue weighted by Crippen LogP contribution is 2.35. The molecule has 0 saturated carbocycles. The number of hydrogen-bond donors (Lipinski definition) is 0. The van der Waals surface area contributed by atoms with Crippen LogP contribution in [0.1, 0.15) is 56.7 Å². The summed E-state index contributed by atoms with van der Waals surface area (Å²) in [6.45, 7) is 4.92. The van der Waals surface area contributed by atoms with Crippen LogP contribution in [-0.4, -0.2) is 41.4 Å². The lowest BCUT2D eigenvalue weighted by Gasteiger charge is -2.40. The molecule has 1 aromatic rings. The number of nitrogens with zero attached hydrogens (tertiary/aromatic N) is 2. The molecule has 1 aliphatic carbocycles. The summed E-state index contributed by atoms with van der Waals surface area (Å²) in [5, 5.41) is 0. The first kappa shape index (κ1) is 15.5. The maximum Gasteiger partial charge on any atom is 0.237 e. The van der Waals surface area contributed by atoms with Gasteiger partial charge in [0.15, 0.2) is 0 Å². The first-order chi connectivity index (χ1) is 10.6. The van der Waals surface area contributed by atoms with Crippen molar-refractivity contribution in [3.05, 3.63) is 35.4 Å². The zero-order valence-electron chi connectivity index (χ0n) is 14.1. The van der Waals surface area contributed by atoms with Crippen molar-refractivity contribution in [1.82, 2.24) is 9.80 Å². The van der Waals surface area contributed by atoms with Crippen molar-refractivity contribution in [3.8, 4) is 0 Å². The van der Waals surface area contributed by atoms with Gasteiger partial charge in [-0.05, 0) is 64.1 Å². The molecule has 3 heteroatoms. The monoisotopic (exact) mass is 300 g/mol. The largest absolute Gasteiger partial charge is 0.336 e. The molecule has 0 spiro atoms. The minimum atomic E-state index is 0.298. The number of likely N-dealkylation sites (tertiary alicyclic amines) is 1. The maximum absolute atomic E-state index is 12.8. The molecule has 3 atom stereocenters. The standard InChI is InChI=1S/C19H28N2O/c1-14-7-6-8-15(2)21(14)19(22)13-20(3)18-12-11-16-9-4-5-10-17(16)18/h4-5,9-10,14-15,18H,6-8,11-13H2,1-3H3/t14-,15+,18-/m0/s1. The fraction of sp³-hybridized carbons (Fsp3) is 0.632. The quantitative estimate of drug-likeness (QED) is 0.854. The highest BCUT2D eigenvalue weighted by atomic mass is 16.2. The van der Waals surface area contributed by atoms with E-state index in [9.17, 15) is 4.79 Å². The molecule has 1 fully saturated rings. The van der Waals surface area contributed by atoms with Gasteiger partial charge in [0.05, 0.1) is 6.54 Å². The molecule has 0 N–H and O–H groups in total. The maximum atomic E-state index is 12.8. The second kappa shape index (κ2) is 6.41. The lowest BCUT2D eigenvalue weighted by molar-refractivity contribution is -0.138. The van der Waals surface area contributed by atoms with E-state index in [-0.39, 0.29) is 0 Å². The highest BCUT2D eigenvalue weighted by Gasteiger charge is 2.32. The van der Waals surface area contributed by atoms with Crippen molar-refractivity contribution < 1.29 is 4.79 Å². The van der Waals surface area contributed by atoms with E-state index in [1.54, 1.807) is 0 Å². The van der Waals surface area contributed by atoms with Crippen LogP contribution in [0.25, 0.3) is 0 Å². The summed E-state index contributed by atoms with van der Waals surface area (Å²) >= 11 is 0. The lowest BCUT2D eigenvalue weighted by Crippen LogP contribution is -2.50. The van der Waals surface area contributed by atoms with Gasteiger partial charge in [-0.1, -0.05) is 24.3 Å². The van der Waals surface area contributed by atoms with Crippen molar-refractivity contribution in [2.45, 2.75) is 64.1 Å². The highest BCUT2D eigenvalue weighted by molar-refractivity contribution is 5.79. The van der Waals surface area contributed by atoms with Crippen LogP contribution in [0.4, 0.5) is 0 Å². The van der Waals surface area contributed by atoms with E-state index in [0.29, 0.717) is 30.6 Å². The van der Waals surface area contributed by atoms with E-state index in [1.807, 2.05) is 0 Å². The third kappa shape index (κ3) is 2.91. The van der Waals surface area contributed by atoms with Gasteiger partial charge in [0.2, 0.25) is 5.91 Å². The molecular formula is C19H28N2O. The summed E-state index contributed by atoms with van der Waals surface area (Å²) in [7, 11) is 2.10. The summed E-state index contributed by atoms with van der Waals surface area (Å²) in [6, 6.07) is 9.85. The Morgan fingerprint density at radius 3 is 2.59 bits per heavy atom. The number of benzene rings is 1. The Balaban J connectivity index is 1.67. The van der Waals surface area contributed by atoms with Crippen LogP contribution in [0.2, 0.25) is 0 Å². The Kier molecular flexibility index (Phi) is 4.53. The minimum absolute atomic E-state index is 0.298. The van der Waals surface area contributed by atoms with Crippen LogP contribution >= 0.6 is 0 Å². The third-order valence-electron chi connectivity index (χ3n) is 5.50. The summed E-state index contributed by atoms with van der Waals surface area (Å²) in [5.41, 5.74) is 2.86. The predicted molar refractivity (Wildman–Crippen MR) is 89.8 cm³/mol. The average Bonchev–Trinajstić information content (AvgIpc) is 2.91. The fourth-order valence-corrected chi connectivity index (χ4v) is 4.31. The molecule has 0 bridgehead atoms. The Morgan fingerprint density at radius 2 is 1.86 bits per heavy atom. The van der Waals surface area contributed by atoms with E-state index >= 15 is 0 Å². The molecule has 1 heterocycles. The van der Waals surface area contributed by atoms with Gasteiger partial charge in [0, 0.05) is 18.1 Å². The Bertz CT molecular complexity index is 532. The number of carbonyl (C=O) groups excluding carboxylic acids is 1. The second-order valence-corrected chi connectivity index (χ2v) is 7.10. The Hall–Kier alpha value is -1.35. The average molecular weight is 300 g/mol. The molecular weight excluding hydrogens is 272 g/mol. The van der Waals surface area contributed by atoms with Crippen LogP contribution in [0, 0.1) is 0 Å². The van der Waals surface area contributed by atoms with Crippen molar-refractivity contribution >= 4 is 5.91 Å². The molecule has 1 aliphatic heterocycles. The molecule has 0 aromatic heterocycles. The smallest absolute Gasteiger partial charge is 0.237 e. The Morgan fingerprint density at radius 1 is 1.18 bits per heavy atom. The van der Waals surface area contributed by atoms with Crippen LogP contribution < -0.4 is 0 Å².